The average Bonchev–Trinajstić information content (AvgIpc) is 3.56. The number of hydrogen-bond donors (Lipinski definition) is 0. The normalized spacial score (nSPS) is 11.4. The van der Waals surface area contributed by atoms with E-state index in [1.165, 1.54) is 10.8 Å². The number of nitrogens with zero attached hydrogens (tertiary/aromatic N) is 6. The molecule has 0 unspecified atom stereocenters. The summed E-state index contributed by atoms with van der Waals surface area (Å²) < 4.78 is 2.21. The Bertz CT molecular complexity index is 2970. The molecular weight excluding hydrogens is 649 g/mol. The third-order valence-electron chi connectivity index (χ3n) is 9.91. The summed E-state index contributed by atoms with van der Waals surface area (Å²) in [6, 6.07) is 54.1. The summed E-state index contributed by atoms with van der Waals surface area (Å²) >= 11 is 0. The van der Waals surface area contributed by atoms with Crippen LogP contribution in [0.3, 0.4) is 0 Å². The highest BCUT2D eigenvalue weighted by Crippen LogP contribution is 2.37. The van der Waals surface area contributed by atoms with Crippen molar-refractivity contribution in [3.8, 4) is 51.0 Å². The van der Waals surface area contributed by atoms with Crippen LogP contribution < -0.4 is 0 Å². The Hall–Kier alpha value is -7.49. The molecule has 10 aromatic rings. The molecule has 0 aliphatic rings. The van der Waals surface area contributed by atoms with Crippen molar-refractivity contribution in [2.24, 2.45) is 0 Å². The molecule has 246 valence electrons. The molecule has 6 heteroatoms. The maximum atomic E-state index is 7.65. The summed E-state index contributed by atoms with van der Waals surface area (Å²) in [5.74, 6) is 1.86. The van der Waals surface area contributed by atoms with Gasteiger partial charge in [-0.3, -0.25) is 4.98 Å². The topological polar surface area (TPSA) is 60.9 Å². The van der Waals surface area contributed by atoms with Crippen molar-refractivity contribution in [2.45, 2.75) is 0 Å². The lowest BCUT2D eigenvalue weighted by Gasteiger charge is -2.10. The second kappa shape index (κ2) is 12.4. The minimum absolute atomic E-state index is 0.611. The molecule has 0 saturated carbocycles. The van der Waals surface area contributed by atoms with Crippen LogP contribution in [0, 0.1) is 6.57 Å². The fourth-order valence-corrected chi connectivity index (χ4v) is 7.26. The van der Waals surface area contributed by atoms with Crippen molar-refractivity contribution in [1.82, 2.24) is 24.5 Å². The van der Waals surface area contributed by atoms with Crippen molar-refractivity contribution >= 4 is 49.0 Å². The average molecular weight is 677 g/mol. The summed E-state index contributed by atoms with van der Waals surface area (Å²) in [4.78, 5) is 23.2. The first-order valence-electron chi connectivity index (χ1n) is 17.4. The SMILES string of the molecule is [C-]#[N+]c1ccc2c(c1)c1cc(-c3ccc(-c4nc(-c5ccc6ccccc6c5)nc(-c5ccc6ccccc6c5)n4)cc3)ccc1n2-c1cccnc1. The fourth-order valence-electron chi connectivity index (χ4n) is 7.26. The van der Waals surface area contributed by atoms with Crippen LogP contribution in [-0.4, -0.2) is 24.5 Å². The molecule has 3 heterocycles. The zero-order valence-corrected chi connectivity index (χ0v) is 28.3. The van der Waals surface area contributed by atoms with Crippen LogP contribution in [0.5, 0.6) is 0 Å². The molecule has 10 rings (SSSR count). The highest BCUT2D eigenvalue weighted by atomic mass is 15.0. The second-order valence-corrected chi connectivity index (χ2v) is 13.1. The van der Waals surface area contributed by atoms with Crippen molar-refractivity contribution in [1.29, 1.82) is 0 Å². The van der Waals surface area contributed by atoms with Gasteiger partial charge in [0.1, 0.15) is 0 Å². The Morgan fingerprint density at radius 2 is 0.962 bits per heavy atom. The van der Waals surface area contributed by atoms with Gasteiger partial charge in [0.05, 0.1) is 29.5 Å². The number of rotatable bonds is 5. The van der Waals surface area contributed by atoms with E-state index in [-0.39, 0.29) is 0 Å². The third kappa shape index (κ3) is 5.36. The molecule has 0 bridgehead atoms. The summed E-state index contributed by atoms with van der Waals surface area (Å²) in [5, 5.41) is 6.71. The lowest BCUT2D eigenvalue weighted by Crippen LogP contribution is -2.00. The molecule has 53 heavy (non-hydrogen) atoms. The molecule has 3 aromatic heterocycles. The number of pyridine rings is 1. The van der Waals surface area contributed by atoms with Gasteiger partial charge in [-0.2, -0.15) is 0 Å². The standard InChI is InChI=1S/C47H28N6/c1-48-39-21-23-44-42(28-39)41-27-36(20-22-43(41)53(44)40-11-6-24-49-29-40)32-12-16-33(17-13-32)45-50-46(37-18-14-30-7-2-4-9-34(30)25-37)52-47(51-45)38-19-15-31-8-3-5-10-35(31)26-38/h2-29H. The quantitative estimate of drug-likeness (QED) is 0.170. The van der Waals surface area contributed by atoms with Gasteiger partial charge in [-0.25, -0.2) is 19.8 Å². The van der Waals surface area contributed by atoms with E-state index in [2.05, 4.69) is 136 Å². The van der Waals surface area contributed by atoms with Gasteiger partial charge in [0.2, 0.25) is 0 Å². The van der Waals surface area contributed by atoms with Crippen LogP contribution in [0.4, 0.5) is 5.69 Å². The maximum Gasteiger partial charge on any atom is 0.188 e. The van der Waals surface area contributed by atoms with Crippen molar-refractivity contribution < 1.29 is 0 Å². The van der Waals surface area contributed by atoms with Gasteiger partial charge in [0.25, 0.3) is 0 Å². The summed E-state index contributed by atoms with van der Waals surface area (Å²) in [7, 11) is 0. The van der Waals surface area contributed by atoms with E-state index in [9.17, 15) is 0 Å². The molecule has 0 spiro atoms. The molecule has 0 aliphatic carbocycles. The zero-order valence-electron chi connectivity index (χ0n) is 28.3. The van der Waals surface area contributed by atoms with Gasteiger partial charge in [-0.05, 0) is 86.6 Å². The fraction of sp³-hybridized carbons (Fsp3) is 0. The van der Waals surface area contributed by atoms with Crippen molar-refractivity contribution in [2.75, 3.05) is 0 Å². The molecule has 0 N–H and O–H groups in total. The zero-order chi connectivity index (χ0) is 35.3. The number of hydrogen-bond acceptors (Lipinski definition) is 4. The first kappa shape index (κ1) is 30.3. The lowest BCUT2D eigenvalue weighted by molar-refractivity contribution is 1.08. The Morgan fingerprint density at radius 3 is 1.57 bits per heavy atom. The molecule has 0 fully saturated rings. The Morgan fingerprint density at radius 1 is 0.434 bits per heavy atom. The van der Waals surface area contributed by atoms with E-state index in [1.54, 1.807) is 6.20 Å². The van der Waals surface area contributed by atoms with Gasteiger partial charge in [-0.1, -0.05) is 109 Å². The molecule has 0 atom stereocenters. The van der Waals surface area contributed by atoms with E-state index in [1.807, 2.05) is 42.6 Å². The monoisotopic (exact) mass is 676 g/mol. The lowest BCUT2D eigenvalue weighted by atomic mass is 10.0. The molecule has 0 amide bonds. The minimum atomic E-state index is 0.611. The van der Waals surface area contributed by atoms with Crippen molar-refractivity contribution in [3.63, 3.8) is 0 Å². The van der Waals surface area contributed by atoms with E-state index in [4.69, 9.17) is 21.5 Å². The molecule has 6 nitrogen and oxygen atoms in total. The van der Waals surface area contributed by atoms with Crippen LogP contribution in [0.1, 0.15) is 0 Å². The van der Waals surface area contributed by atoms with Gasteiger partial charge in [0.15, 0.2) is 23.2 Å². The summed E-state index contributed by atoms with van der Waals surface area (Å²) in [5.41, 5.74) is 8.60. The summed E-state index contributed by atoms with van der Waals surface area (Å²) in [6.07, 6.45) is 3.65. The van der Waals surface area contributed by atoms with Crippen LogP contribution >= 0.6 is 0 Å². The van der Waals surface area contributed by atoms with Crippen LogP contribution in [0.15, 0.2) is 170 Å². The van der Waals surface area contributed by atoms with E-state index in [0.717, 1.165) is 66.1 Å². The van der Waals surface area contributed by atoms with E-state index < -0.39 is 0 Å². The van der Waals surface area contributed by atoms with Gasteiger partial charge >= 0.3 is 0 Å². The van der Waals surface area contributed by atoms with Crippen LogP contribution in [0.25, 0.3) is 99.2 Å². The Labute approximate surface area is 305 Å². The molecular formula is C47H28N6. The highest BCUT2D eigenvalue weighted by Gasteiger charge is 2.16. The van der Waals surface area contributed by atoms with E-state index in [0.29, 0.717) is 23.2 Å². The predicted molar refractivity (Wildman–Crippen MR) is 215 cm³/mol. The first-order chi connectivity index (χ1) is 26.2. The smallest absolute Gasteiger partial charge is 0.188 e. The second-order valence-electron chi connectivity index (χ2n) is 13.1. The maximum absolute atomic E-state index is 7.65. The van der Waals surface area contributed by atoms with Crippen LogP contribution in [0.2, 0.25) is 0 Å². The van der Waals surface area contributed by atoms with Gasteiger partial charge in [-0.15, -0.1) is 0 Å². The minimum Gasteiger partial charge on any atom is -0.308 e. The molecule has 0 radical (unpaired) electrons. The number of aromatic nitrogens is 5. The Balaban J connectivity index is 1.08. The third-order valence-corrected chi connectivity index (χ3v) is 9.91. The van der Waals surface area contributed by atoms with Gasteiger partial charge < -0.3 is 4.57 Å². The van der Waals surface area contributed by atoms with Crippen molar-refractivity contribution in [3.05, 3.63) is 182 Å². The molecule has 7 aromatic carbocycles. The van der Waals surface area contributed by atoms with Gasteiger partial charge in [0, 0.05) is 28.3 Å². The Kier molecular flexibility index (Phi) is 7.09. The molecule has 0 aliphatic heterocycles. The largest absolute Gasteiger partial charge is 0.308 e. The number of fused-ring (bicyclic) bond motifs is 5. The van der Waals surface area contributed by atoms with E-state index >= 15 is 0 Å². The molecule has 0 saturated heterocycles. The first-order valence-corrected chi connectivity index (χ1v) is 17.4. The summed E-state index contributed by atoms with van der Waals surface area (Å²) in [6.45, 7) is 7.65. The highest BCUT2D eigenvalue weighted by molar-refractivity contribution is 6.11. The van der Waals surface area contributed by atoms with Crippen LogP contribution in [-0.2, 0) is 0 Å². The number of benzene rings is 7. The predicted octanol–water partition coefficient (Wildman–Crippen LogP) is 11.9.